The van der Waals surface area contributed by atoms with E-state index in [1.54, 1.807) is 24.3 Å². The summed E-state index contributed by atoms with van der Waals surface area (Å²) in [5.41, 5.74) is 1.16. The van der Waals surface area contributed by atoms with Crippen molar-refractivity contribution in [3.05, 3.63) is 76.7 Å². The van der Waals surface area contributed by atoms with Gasteiger partial charge in [-0.2, -0.15) is 0 Å². The first-order valence-electron chi connectivity index (χ1n) is 8.18. The van der Waals surface area contributed by atoms with Crippen molar-refractivity contribution in [1.82, 2.24) is 19.9 Å². The first-order chi connectivity index (χ1) is 13.1. The van der Waals surface area contributed by atoms with Crippen molar-refractivity contribution in [1.29, 1.82) is 0 Å². The van der Waals surface area contributed by atoms with Crippen molar-refractivity contribution >= 4 is 5.91 Å². The number of ether oxygens (including phenoxy) is 1. The second-order valence-electron chi connectivity index (χ2n) is 5.63. The van der Waals surface area contributed by atoms with Gasteiger partial charge in [0.25, 0.3) is 11.5 Å². The fraction of sp³-hybridized carbons (Fsp3) is 0.158. The Balaban J connectivity index is 1.64. The summed E-state index contributed by atoms with van der Waals surface area (Å²) >= 11 is 0. The number of rotatable bonds is 6. The van der Waals surface area contributed by atoms with E-state index in [0.717, 1.165) is 0 Å². The molecular formula is C19H17FN4O3. The number of carbonyl (C=O) groups excluding carboxylic acids is 1. The van der Waals surface area contributed by atoms with Gasteiger partial charge in [-0.1, -0.05) is 0 Å². The lowest BCUT2D eigenvalue weighted by atomic mass is 10.1. The molecule has 138 valence electrons. The van der Waals surface area contributed by atoms with Crippen LogP contribution in [0.25, 0.3) is 11.3 Å². The number of pyridine rings is 1. The minimum Gasteiger partial charge on any atom is -0.480 e. The number of nitrogens with one attached hydrogen (secondary N) is 1. The van der Waals surface area contributed by atoms with Crippen LogP contribution in [0.5, 0.6) is 5.88 Å². The lowest BCUT2D eigenvalue weighted by molar-refractivity contribution is 0.0948. The number of amides is 1. The number of methoxy groups -OCH3 is 1. The highest BCUT2D eigenvalue weighted by atomic mass is 19.1. The minimum atomic E-state index is -0.354. The number of carbonyl (C=O) groups is 1. The van der Waals surface area contributed by atoms with E-state index in [1.807, 2.05) is 0 Å². The smallest absolute Gasteiger partial charge is 0.256 e. The molecule has 1 aromatic carbocycles. The molecule has 0 fully saturated rings. The highest BCUT2D eigenvalue weighted by Gasteiger charge is 2.12. The van der Waals surface area contributed by atoms with E-state index in [2.05, 4.69) is 15.3 Å². The second-order valence-corrected chi connectivity index (χ2v) is 5.63. The summed E-state index contributed by atoms with van der Waals surface area (Å²) in [6.45, 7) is 0.484. The summed E-state index contributed by atoms with van der Waals surface area (Å²) in [4.78, 5) is 32.6. The Labute approximate surface area is 154 Å². The Bertz CT molecular complexity index is 1000. The molecule has 2 heterocycles. The Morgan fingerprint density at radius 1 is 1.22 bits per heavy atom. The van der Waals surface area contributed by atoms with Crippen LogP contribution in [0.1, 0.15) is 10.4 Å². The van der Waals surface area contributed by atoms with Gasteiger partial charge in [0.1, 0.15) is 11.4 Å². The monoisotopic (exact) mass is 368 g/mol. The zero-order valence-electron chi connectivity index (χ0n) is 14.6. The maximum Gasteiger partial charge on any atom is 0.256 e. The number of hydrogen-bond donors (Lipinski definition) is 1. The summed E-state index contributed by atoms with van der Waals surface area (Å²) in [6, 6.07) is 10.4. The zero-order valence-corrected chi connectivity index (χ0v) is 14.6. The van der Waals surface area contributed by atoms with Gasteiger partial charge < -0.3 is 10.1 Å². The fourth-order valence-corrected chi connectivity index (χ4v) is 2.48. The molecule has 0 aliphatic rings. The molecule has 0 bridgehead atoms. The Morgan fingerprint density at radius 2 is 2.00 bits per heavy atom. The van der Waals surface area contributed by atoms with Crippen LogP contribution in [0.2, 0.25) is 0 Å². The van der Waals surface area contributed by atoms with Gasteiger partial charge in [0.05, 0.1) is 19.1 Å². The normalized spacial score (nSPS) is 10.4. The van der Waals surface area contributed by atoms with Crippen LogP contribution < -0.4 is 15.6 Å². The van der Waals surface area contributed by atoms with Crippen LogP contribution in [0.3, 0.4) is 0 Å². The molecule has 3 rings (SSSR count). The minimum absolute atomic E-state index is 0.231. The van der Waals surface area contributed by atoms with Crippen LogP contribution in [-0.2, 0) is 6.54 Å². The molecule has 27 heavy (non-hydrogen) atoms. The molecular weight excluding hydrogens is 351 g/mol. The average molecular weight is 368 g/mol. The van der Waals surface area contributed by atoms with Gasteiger partial charge in [0.15, 0.2) is 0 Å². The van der Waals surface area contributed by atoms with Crippen LogP contribution in [-0.4, -0.2) is 34.1 Å². The third-order valence-electron chi connectivity index (χ3n) is 3.87. The number of aromatic nitrogens is 3. The molecule has 3 aromatic rings. The molecule has 1 N–H and O–H groups in total. The summed E-state index contributed by atoms with van der Waals surface area (Å²) in [6.07, 6.45) is 2.93. The number of hydrogen-bond acceptors (Lipinski definition) is 5. The summed E-state index contributed by atoms with van der Waals surface area (Å²) in [5, 5.41) is 2.71. The van der Waals surface area contributed by atoms with E-state index in [4.69, 9.17) is 4.74 Å². The fourth-order valence-electron chi connectivity index (χ4n) is 2.48. The van der Waals surface area contributed by atoms with Gasteiger partial charge in [0, 0.05) is 30.9 Å². The number of benzene rings is 1. The van der Waals surface area contributed by atoms with Gasteiger partial charge in [-0.25, -0.2) is 14.4 Å². The molecule has 7 nitrogen and oxygen atoms in total. The second kappa shape index (κ2) is 8.22. The molecule has 0 aliphatic heterocycles. The van der Waals surface area contributed by atoms with Crippen LogP contribution in [0, 0.1) is 5.82 Å². The van der Waals surface area contributed by atoms with E-state index < -0.39 is 0 Å². The largest absolute Gasteiger partial charge is 0.480 e. The first-order valence-corrected chi connectivity index (χ1v) is 8.18. The maximum atomic E-state index is 13.0. The predicted molar refractivity (Wildman–Crippen MR) is 97.0 cm³/mol. The van der Waals surface area contributed by atoms with E-state index in [1.165, 1.54) is 42.4 Å². The van der Waals surface area contributed by atoms with Crippen LogP contribution in [0.4, 0.5) is 4.39 Å². The Hall–Kier alpha value is -3.55. The average Bonchev–Trinajstić information content (AvgIpc) is 2.69. The summed E-state index contributed by atoms with van der Waals surface area (Å²) < 4.78 is 19.4. The third kappa shape index (κ3) is 4.35. The molecule has 8 heteroatoms. The van der Waals surface area contributed by atoms with Crippen molar-refractivity contribution in [2.24, 2.45) is 0 Å². The Kier molecular flexibility index (Phi) is 5.55. The van der Waals surface area contributed by atoms with Gasteiger partial charge in [-0.3, -0.25) is 14.2 Å². The molecule has 2 aromatic heterocycles. The van der Waals surface area contributed by atoms with Gasteiger partial charge >= 0.3 is 0 Å². The standard InChI is InChI=1S/C19H17FN4O3/c1-27-19-15(3-2-8-22-19)18(26)21-9-10-24-12-23-16(11-17(24)25)13-4-6-14(20)7-5-13/h2-8,11-12H,9-10H2,1H3,(H,21,26). The quantitative estimate of drug-likeness (QED) is 0.718. The molecule has 0 unspecified atom stereocenters. The summed E-state index contributed by atoms with van der Waals surface area (Å²) in [5.74, 6) is -0.463. The summed E-state index contributed by atoms with van der Waals surface area (Å²) in [7, 11) is 1.44. The highest BCUT2D eigenvalue weighted by molar-refractivity contribution is 5.96. The van der Waals surface area contributed by atoms with Gasteiger partial charge in [0.2, 0.25) is 5.88 Å². The zero-order chi connectivity index (χ0) is 19.2. The first kappa shape index (κ1) is 18.2. The van der Waals surface area contributed by atoms with Crippen LogP contribution >= 0.6 is 0 Å². The number of nitrogens with zero attached hydrogens (tertiary/aromatic N) is 3. The van der Waals surface area contributed by atoms with E-state index in [-0.39, 0.29) is 36.3 Å². The molecule has 0 atom stereocenters. The number of halogens is 1. The van der Waals surface area contributed by atoms with Crippen molar-refractivity contribution in [3.8, 4) is 17.1 Å². The molecule has 0 radical (unpaired) electrons. The van der Waals surface area contributed by atoms with E-state index in [9.17, 15) is 14.0 Å². The lowest BCUT2D eigenvalue weighted by Gasteiger charge is -2.09. The van der Waals surface area contributed by atoms with Crippen molar-refractivity contribution in [3.63, 3.8) is 0 Å². The molecule has 0 saturated carbocycles. The molecule has 1 amide bonds. The topological polar surface area (TPSA) is 86.1 Å². The maximum absolute atomic E-state index is 13.0. The van der Waals surface area contributed by atoms with Crippen molar-refractivity contribution in [2.45, 2.75) is 6.54 Å². The predicted octanol–water partition coefficient (Wildman–Crippen LogP) is 1.88. The van der Waals surface area contributed by atoms with E-state index >= 15 is 0 Å². The lowest BCUT2D eigenvalue weighted by Crippen LogP contribution is -2.31. The van der Waals surface area contributed by atoms with Gasteiger partial charge in [-0.05, 0) is 36.4 Å². The molecule has 0 saturated heterocycles. The van der Waals surface area contributed by atoms with Gasteiger partial charge in [-0.15, -0.1) is 0 Å². The van der Waals surface area contributed by atoms with E-state index in [0.29, 0.717) is 16.8 Å². The Morgan fingerprint density at radius 3 is 2.70 bits per heavy atom. The third-order valence-corrected chi connectivity index (χ3v) is 3.87. The SMILES string of the molecule is COc1ncccc1C(=O)NCCn1cnc(-c2ccc(F)cc2)cc1=O. The molecule has 0 aliphatic carbocycles. The van der Waals surface area contributed by atoms with Crippen molar-refractivity contribution in [2.75, 3.05) is 13.7 Å². The van der Waals surface area contributed by atoms with Crippen LogP contribution in [0.15, 0.2) is 59.8 Å². The van der Waals surface area contributed by atoms with Crippen molar-refractivity contribution < 1.29 is 13.9 Å². The molecule has 0 spiro atoms. The highest BCUT2D eigenvalue weighted by Crippen LogP contribution is 2.15.